The quantitative estimate of drug-likeness (QED) is 0.796. The molecular formula is C14H16N4O3. The lowest BCUT2D eigenvalue weighted by atomic mass is 10.2. The highest BCUT2D eigenvalue weighted by atomic mass is 16.4. The number of aromatic amines is 1. The van der Waals surface area contributed by atoms with Gasteiger partial charge in [-0.2, -0.15) is 0 Å². The van der Waals surface area contributed by atoms with Crippen LogP contribution < -0.4 is 10.2 Å². The number of nitrogens with one attached hydrogen (secondary N) is 2. The number of aromatic nitrogens is 2. The molecule has 2 heterocycles. The molecule has 3 N–H and O–H groups in total. The molecule has 2 rings (SSSR count). The van der Waals surface area contributed by atoms with E-state index >= 15 is 0 Å². The van der Waals surface area contributed by atoms with Gasteiger partial charge in [-0.15, -0.1) is 0 Å². The van der Waals surface area contributed by atoms with E-state index in [0.29, 0.717) is 11.3 Å². The summed E-state index contributed by atoms with van der Waals surface area (Å²) in [5.41, 5.74) is 1.21. The summed E-state index contributed by atoms with van der Waals surface area (Å²) < 4.78 is 0. The minimum atomic E-state index is -1.13. The van der Waals surface area contributed by atoms with Crippen LogP contribution in [0, 0.1) is 6.92 Å². The third-order valence-corrected chi connectivity index (χ3v) is 2.88. The standard InChI is InChI=1S/C14H16N4O3/c1-8-6-10(12(16-8)14(20)21)17-13(19)9-4-5-11(15-7-9)18(2)3/h4-7,16H,1-3H3,(H,17,19)(H,20,21). The number of carbonyl (C=O) groups excluding carboxylic acids is 1. The summed E-state index contributed by atoms with van der Waals surface area (Å²) in [6.07, 6.45) is 1.45. The topological polar surface area (TPSA) is 98.3 Å². The molecule has 0 unspecified atom stereocenters. The molecule has 0 aromatic carbocycles. The van der Waals surface area contributed by atoms with Crippen molar-refractivity contribution in [2.45, 2.75) is 6.92 Å². The van der Waals surface area contributed by atoms with Gasteiger partial charge in [0.05, 0.1) is 11.3 Å². The zero-order valence-corrected chi connectivity index (χ0v) is 12.0. The number of carboxylic acids is 1. The third kappa shape index (κ3) is 3.19. The molecule has 0 fully saturated rings. The first kappa shape index (κ1) is 14.6. The summed E-state index contributed by atoms with van der Waals surface area (Å²) in [6, 6.07) is 4.93. The highest BCUT2D eigenvalue weighted by Crippen LogP contribution is 2.18. The fraction of sp³-hybridized carbons (Fsp3) is 0.214. The van der Waals surface area contributed by atoms with Crippen molar-refractivity contribution in [2.24, 2.45) is 0 Å². The largest absolute Gasteiger partial charge is 0.477 e. The molecule has 21 heavy (non-hydrogen) atoms. The van der Waals surface area contributed by atoms with Crippen LogP contribution >= 0.6 is 0 Å². The van der Waals surface area contributed by atoms with Crippen LogP contribution in [-0.2, 0) is 0 Å². The van der Waals surface area contributed by atoms with Gasteiger partial charge in [0, 0.05) is 26.0 Å². The fourth-order valence-electron chi connectivity index (χ4n) is 1.84. The maximum atomic E-state index is 12.1. The molecule has 0 saturated heterocycles. The Labute approximate surface area is 121 Å². The van der Waals surface area contributed by atoms with Gasteiger partial charge in [0.15, 0.2) is 0 Å². The molecule has 0 bridgehead atoms. The Morgan fingerprint density at radius 1 is 1.33 bits per heavy atom. The van der Waals surface area contributed by atoms with E-state index in [4.69, 9.17) is 5.11 Å². The number of nitrogens with zero attached hydrogens (tertiary/aromatic N) is 2. The van der Waals surface area contributed by atoms with Crippen molar-refractivity contribution in [1.82, 2.24) is 9.97 Å². The predicted octanol–water partition coefficient (Wildman–Crippen LogP) is 1.73. The highest BCUT2D eigenvalue weighted by Gasteiger charge is 2.16. The summed E-state index contributed by atoms with van der Waals surface area (Å²) in [4.78, 5) is 31.8. The average molecular weight is 288 g/mol. The summed E-state index contributed by atoms with van der Waals surface area (Å²) in [7, 11) is 3.70. The van der Waals surface area contributed by atoms with Gasteiger partial charge < -0.3 is 20.3 Å². The van der Waals surface area contributed by atoms with E-state index in [-0.39, 0.29) is 11.4 Å². The normalized spacial score (nSPS) is 10.2. The number of carbonyl (C=O) groups is 2. The lowest BCUT2D eigenvalue weighted by Gasteiger charge is -2.11. The Morgan fingerprint density at radius 3 is 2.57 bits per heavy atom. The van der Waals surface area contributed by atoms with E-state index < -0.39 is 11.9 Å². The van der Waals surface area contributed by atoms with Crippen molar-refractivity contribution >= 4 is 23.4 Å². The number of aromatic carboxylic acids is 1. The molecule has 0 atom stereocenters. The van der Waals surface area contributed by atoms with Crippen molar-refractivity contribution in [2.75, 3.05) is 24.3 Å². The summed E-state index contributed by atoms with van der Waals surface area (Å²) in [6.45, 7) is 1.72. The first-order valence-corrected chi connectivity index (χ1v) is 6.26. The SMILES string of the molecule is Cc1cc(NC(=O)c2ccc(N(C)C)nc2)c(C(=O)O)[nH]1. The van der Waals surface area contributed by atoms with E-state index in [1.807, 2.05) is 19.0 Å². The van der Waals surface area contributed by atoms with Gasteiger partial charge in [0.1, 0.15) is 11.5 Å². The second-order valence-corrected chi connectivity index (χ2v) is 4.80. The Bertz CT molecular complexity index is 674. The van der Waals surface area contributed by atoms with E-state index in [1.54, 1.807) is 25.1 Å². The minimum Gasteiger partial charge on any atom is -0.477 e. The van der Waals surface area contributed by atoms with Gasteiger partial charge in [-0.25, -0.2) is 9.78 Å². The average Bonchev–Trinajstić information content (AvgIpc) is 2.80. The molecule has 0 spiro atoms. The number of rotatable bonds is 4. The molecule has 0 aliphatic rings. The molecule has 0 saturated carbocycles. The van der Waals surface area contributed by atoms with Crippen LogP contribution in [-0.4, -0.2) is 41.0 Å². The van der Waals surface area contributed by atoms with Crippen molar-refractivity contribution in [3.63, 3.8) is 0 Å². The molecule has 0 aliphatic carbocycles. The van der Waals surface area contributed by atoms with Crippen LogP contribution in [0.15, 0.2) is 24.4 Å². The first-order chi connectivity index (χ1) is 9.88. The van der Waals surface area contributed by atoms with E-state index in [1.165, 1.54) is 6.20 Å². The molecule has 0 aliphatic heterocycles. The van der Waals surface area contributed by atoms with Crippen molar-refractivity contribution < 1.29 is 14.7 Å². The van der Waals surface area contributed by atoms with Gasteiger partial charge in [-0.3, -0.25) is 4.79 Å². The molecule has 110 valence electrons. The number of H-pyrrole nitrogens is 1. The Kier molecular flexibility index (Phi) is 3.93. The zero-order valence-electron chi connectivity index (χ0n) is 12.0. The van der Waals surface area contributed by atoms with Crippen molar-refractivity contribution in [3.8, 4) is 0 Å². The van der Waals surface area contributed by atoms with Crippen LogP contribution in [0.1, 0.15) is 26.5 Å². The minimum absolute atomic E-state index is 0.0429. The van der Waals surface area contributed by atoms with E-state index in [0.717, 1.165) is 5.82 Å². The van der Waals surface area contributed by atoms with Gasteiger partial charge in [0.2, 0.25) is 0 Å². The Balaban J connectivity index is 2.20. The summed E-state index contributed by atoms with van der Waals surface area (Å²) >= 11 is 0. The number of carboxylic acid groups (broad SMARTS) is 1. The third-order valence-electron chi connectivity index (χ3n) is 2.88. The van der Waals surface area contributed by atoms with Gasteiger partial charge in [-0.1, -0.05) is 0 Å². The smallest absolute Gasteiger partial charge is 0.354 e. The number of aryl methyl sites for hydroxylation is 1. The van der Waals surface area contributed by atoms with E-state index in [9.17, 15) is 9.59 Å². The van der Waals surface area contributed by atoms with Crippen molar-refractivity contribution in [3.05, 3.63) is 41.3 Å². The van der Waals surface area contributed by atoms with E-state index in [2.05, 4.69) is 15.3 Å². The molecule has 2 aromatic heterocycles. The van der Waals surface area contributed by atoms with Crippen molar-refractivity contribution in [1.29, 1.82) is 0 Å². The molecule has 1 amide bonds. The van der Waals surface area contributed by atoms with Crippen LogP contribution in [0.25, 0.3) is 0 Å². The number of hydrogen-bond donors (Lipinski definition) is 3. The summed E-state index contributed by atoms with van der Waals surface area (Å²) in [5, 5.41) is 11.6. The molecular weight excluding hydrogens is 272 g/mol. The molecule has 7 nitrogen and oxygen atoms in total. The maximum Gasteiger partial charge on any atom is 0.354 e. The zero-order chi connectivity index (χ0) is 15.6. The number of anilines is 2. The predicted molar refractivity (Wildman–Crippen MR) is 79.0 cm³/mol. The summed E-state index contributed by atoms with van der Waals surface area (Å²) in [5.74, 6) is -0.802. The molecule has 7 heteroatoms. The second-order valence-electron chi connectivity index (χ2n) is 4.80. The Morgan fingerprint density at radius 2 is 2.05 bits per heavy atom. The molecule has 0 radical (unpaired) electrons. The monoisotopic (exact) mass is 288 g/mol. The highest BCUT2D eigenvalue weighted by molar-refractivity contribution is 6.07. The van der Waals surface area contributed by atoms with Crippen LogP contribution in [0.2, 0.25) is 0 Å². The maximum absolute atomic E-state index is 12.1. The number of hydrogen-bond acceptors (Lipinski definition) is 4. The molecule has 2 aromatic rings. The van der Waals surface area contributed by atoms with Crippen LogP contribution in [0.3, 0.4) is 0 Å². The lowest BCUT2D eigenvalue weighted by molar-refractivity contribution is 0.0692. The van der Waals surface area contributed by atoms with Crippen LogP contribution in [0.5, 0.6) is 0 Å². The van der Waals surface area contributed by atoms with Gasteiger partial charge in [0.25, 0.3) is 5.91 Å². The second kappa shape index (κ2) is 5.66. The first-order valence-electron chi connectivity index (χ1n) is 6.26. The van der Waals surface area contributed by atoms with Gasteiger partial charge >= 0.3 is 5.97 Å². The number of pyridine rings is 1. The van der Waals surface area contributed by atoms with Crippen LogP contribution in [0.4, 0.5) is 11.5 Å². The Hall–Kier alpha value is -2.83. The lowest BCUT2D eigenvalue weighted by Crippen LogP contribution is -2.15. The van der Waals surface area contributed by atoms with Gasteiger partial charge in [-0.05, 0) is 25.1 Å². The number of amides is 1. The fourth-order valence-corrected chi connectivity index (χ4v) is 1.84.